The van der Waals surface area contributed by atoms with E-state index >= 15 is 0 Å². The maximum atomic E-state index is 12.6. The number of rotatable bonds is 0. The minimum atomic E-state index is -0.433. The summed E-state index contributed by atoms with van der Waals surface area (Å²) >= 11 is 0. The molecule has 0 aliphatic carbocycles. The number of halogens is 1. The van der Waals surface area contributed by atoms with Crippen molar-refractivity contribution in [3.63, 3.8) is 0 Å². The van der Waals surface area contributed by atoms with Crippen LogP contribution in [0.3, 0.4) is 0 Å². The first kappa shape index (κ1) is 9.71. The Kier molecular flexibility index (Phi) is 3.01. The zero-order valence-corrected chi connectivity index (χ0v) is 8.06. The van der Waals surface area contributed by atoms with Gasteiger partial charge in [-0.15, -0.1) is 0 Å². The number of hydrogen-bond donors (Lipinski definition) is 1. The summed E-state index contributed by atoms with van der Waals surface area (Å²) < 4.78 is 12.6. The van der Waals surface area contributed by atoms with Crippen molar-refractivity contribution in [1.29, 1.82) is 0 Å². The second-order valence-electron chi connectivity index (χ2n) is 2.50. The van der Waals surface area contributed by atoms with Crippen LogP contribution in [0, 0.1) is 12.9 Å². The Morgan fingerprint density at radius 1 is 1.38 bits per heavy atom. The van der Waals surface area contributed by atoms with E-state index in [1.54, 1.807) is 6.20 Å². The summed E-state index contributed by atoms with van der Waals surface area (Å²) in [5.41, 5.74) is 1.52. The number of aryl methyl sites for hydroxylation is 1. The van der Waals surface area contributed by atoms with Gasteiger partial charge in [-0.1, -0.05) is 13.8 Å². The third-order valence-electron chi connectivity index (χ3n) is 1.70. The molecule has 3 heteroatoms. The lowest BCUT2D eigenvalue weighted by atomic mass is 10.2. The van der Waals surface area contributed by atoms with E-state index in [-0.39, 0.29) is 0 Å². The molecule has 0 aliphatic heterocycles. The van der Waals surface area contributed by atoms with Gasteiger partial charge in [-0.25, -0.2) is 4.98 Å². The monoisotopic (exact) mass is 180 g/mol. The Morgan fingerprint density at radius 2 is 2.08 bits per heavy atom. The molecule has 70 valence electrons. The maximum Gasteiger partial charge on any atom is 0.215 e. The normalized spacial score (nSPS) is 9.54. The number of pyridine rings is 1. The van der Waals surface area contributed by atoms with Crippen LogP contribution in [0.1, 0.15) is 19.4 Å². The van der Waals surface area contributed by atoms with Gasteiger partial charge in [0, 0.05) is 11.6 Å². The van der Waals surface area contributed by atoms with E-state index in [0.29, 0.717) is 5.65 Å². The summed E-state index contributed by atoms with van der Waals surface area (Å²) in [7, 11) is 0. The van der Waals surface area contributed by atoms with E-state index in [1.165, 1.54) is 6.07 Å². The summed E-state index contributed by atoms with van der Waals surface area (Å²) in [6.45, 7) is 5.86. The molecule has 1 N–H and O–H groups in total. The van der Waals surface area contributed by atoms with E-state index < -0.39 is 5.95 Å². The number of nitrogens with zero attached hydrogens (tertiary/aromatic N) is 1. The van der Waals surface area contributed by atoms with E-state index in [2.05, 4.69) is 9.97 Å². The molecule has 2 aromatic heterocycles. The van der Waals surface area contributed by atoms with Crippen LogP contribution in [0.5, 0.6) is 0 Å². The van der Waals surface area contributed by atoms with Gasteiger partial charge in [-0.05, 0) is 24.6 Å². The summed E-state index contributed by atoms with van der Waals surface area (Å²) in [5, 5.41) is 0.978. The van der Waals surface area contributed by atoms with E-state index in [9.17, 15) is 4.39 Å². The van der Waals surface area contributed by atoms with Crippen LogP contribution in [0.4, 0.5) is 4.39 Å². The Morgan fingerprint density at radius 3 is 2.77 bits per heavy atom. The summed E-state index contributed by atoms with van der Waals surface area (Å²) in [6.07, 6.45) is 1.75. The minimum absolute atomic E-state index is 0.433. The molecule has 0 saturated carbocycles. The molecule has 0 aliphatic rings. The summed E-state index contributed by atoms with van der Waals surface area (Å²) in [5.74, 6) is -0.433. The maximum absolute atomic E-state index is 12.6. The summed E-state index contributed by atoms with van der Waals surface area (Å²) in [4.78, 5) is 6.52. The highest BCUT2D eigenvalue weighted by Gasteiger charge is 2.01. The van der Waals surface area contributed by atoms with Gasteiger partial charge >= 0.3 is 0 Å². The highest BCUT2D eigenvalue weighted by atomic mass is 19.1. The molecule has 2 nitrogen and oxygen atoms in total. The van der Waals surface area contributed by atoms with Gasteiger partial charge in [0.15, 0.2) is 0 Å². The lowest BCUT2D eigenvalue weighted by Crippen LogP contribution is -1.85. The highest BCUT2D eigenvalue weighted by molar-refractivity contribution is 5.78. The fourth-order valence-corrected chi connectivity index (χ4v) is 1.17. The molecule has 0 fully saturated rings. The molecule has 0 unspecified atom stereocenters. The first-order chi connectivity index (χ1) is 6.27. The molecule has 0 atom stereocenters. The molecule has 13 heavy (non-hydrogen) atoms. The zero-order valence-electron chi connectivity index (χ0n) is 8.06. The van der Waals surface area contributed by atoms with Crippen molar-refractivity contribution in [2.24, 2.45) is 0 Å². The first-order valence-electron chi connectivity index (χ1n) is 4.37. The van der Waals surface area contributed by atoms with E-state index in [0.717, 1.165) is 10.9 Å². The van der Waals surface area contributed by atoms with Gasteiger partial charge < -0.3 is 4.98 Å². The molecule has 0 bridgehead atoms. The molecule has 0 aromatic carbocycles. The third kappa shape index (κ3) is 1.86. The topological polar surface area (TPSA) is 28.7 Å². The Labute approximate surface area is 76.8 Å². The molecule has 0 spiro atoms. The van der Waals surface area contributed by atoms with Crippen LogP contribution in [-0.4, -0.2) is 9.97 Å². The first-order valence-corrected chi connectivity index (χ1v) is 4.37. The van der Waals surface area contributed by atoms with Crippen molar-refractivity contribution in [2.45, 2.75) is 20.8 Å². The van der Waals surface area contributed by atoms with Crippen molar-refractivity contribution in [1.82, 2.24) is 9.97 Å². The predicted molar refractivity (Wildman–Crippen MR) is 52.1 cm³/mol. The van der Waals surface area contributed by atoms with Crippen molar-refractivity contribution in [3.8, 4) is 0 Å². The zero-order chi connectivity index (χ0) is 9.84. The van der Waals surface area contributed by atoms with Gasteiger partial charge in [0.05, 0.1) is 0 Å². The third-order valence-corrected chi connectivity index (χ3v) is 1.70. The van der Waals surface area contributed by atoms with Gasteiger partial charge in [-0.3, -0.25) is 0 Å². The lowest BCUT2D eigenvalue weighted by molar-refractivity contribution is 0.587. The van der Waals surface area contributed by atoms with Crippen molar-refractivity contribution < 1.29 is 4.39 Å². The van der Waals surface area contributed by atoms with Crippen LogP contribution in [0.2, 0.25) is 0 Å². The highest BCUT2D eigenvalue weighted by Crippen LogP contribution is 2.14. The molecule has 2 aromatic rings. The van der Waals surface area contributed by atoms with Gasteiger partial charge in [0.25, 0.3) is 0 Å². The standard InChI is InChI=1S/C8H7FN2.C2H6/c1-5-4-7(9)11-8-6(5)2-3-10-8;1-2/h2-4H,1H3,(H,10,11);1-2H3. The van der Waals surface area contributed by atoms with E-state index in [4.69, 9.17) is 0 Å². The van der Waals surface area contributed by atoms with Gasteiger partial charge in [0.1, 0.15) is 5.65 Å². The predicted octanol–water partition coefficient (Wildman–Crippen LogP) is 3.04. The molecular formula is C10H13FN2. The molecule has 0 saturated heterocycles. The fourth-order valence-electron chi connectivity index (χ4n) is 1.17. The molecule has 2 rings (SSSR count). The largest absolute Gasteiger partial charge is 0.346 e. The average molecular weight is 180 g/mol. The van der Waals surface area contributed by atoms with Crippen molar-refractivity contribution in [3.05, 3.63) is 29.8 Å². The van der Waals surface area contributed by atoms with Crippen LogP contribution in [0.15, 0.2) is 18.3 Å². The van der Waals surface area contributed by atoms with Crippen LogP contribution < -0.4 is 0 Å². The van der Waals surface area contributed by atoms with Crippen molar-refractivity contribution in [2.75, 3.05) is 0 Å². The second-order valence-corrected chi connectivity index (χ2v) is 2.50. The fraction of sp³-hybridized carbons (Fsp3) is 0.300. The van der Waals surface area contributed by atoms with Crippen LogP contribution >= 0.6 is 0 Å². The number of H-pyrrole nitrogens is 1. The summed E-state index contributed by atoms with van der Waals surface area (Å²) in [6, 6.07) is 3.31. The minimum Gasteiger partial charge on any atom is -0.346 e. The number of hydrogen-bond acceptors (Lipinski definition) is 1. The van der Waals surface area contributed by atoms with Crippen LogP contribution in [-0.2, 0) is 0 Å². The smallest absolute Gasteiger partial charge is 0.215 e. The second kappa shape index (κ2) is 4.03. The van der Waals surface area contributed by atoms with Gasteiger partial charge in [-0.2, -0.15) is 4.39 Å². The quantitative estimate of drug-likeness (QED) is 0.620. The Balaban J connectivity index is 0.000000396. The lowest BCUT2D eigenvalue weighted by Gasteiger charge is -1.94. The average Bonchev–Trinajstić information content (AvgIpc) is 2.55. The van der Waals surface area contributed by atoms with Crippen LogP contribution in [0.25, 0.3) is 11.0 Å². The number of nitrogens with one attached hydrogen (secondary N) is 1. The number of fused-ring (bicyclic) bond motifs is 1. The number of aromatic nitrogens is 2. The van der Waals surface area contributed by atoms with E-state index in [1.807, 2.05) is 26.8 Å². The Hall–Kier alpha value is -1.38. The molecule has 0 amide bonds. The van der Waals surface area contributed by atoms with Crippen molar-refractivity contribution >= 4 is 11.0 Å². The molecular weight excluding hydrogens is 167 g/mol. The SMILES string of the molecule is CC.Cc1cc(F)nc2[nH]ccc12. The molecule has 0 radical (unpaired) electrons. The molecule has 2 heterocycles. The van der Waals surface area contributed by atoms with Gasteiger partial charge in [0.2, 0.25) is 5.95 Å². The number of aromatic amines is 1. The Bertz CT molecular complexity index is 393.